The predicted octanol–water partition coefficient (Wildman–Crippen LogP) is 0.344. The highest BCUT2D eigenvalue weighted by Gasteiger charge is 2.10. The van der Waals surface area contributed by atoms with E-state index in [-0.39, 0.29) is 0 Å². The standard InChI is InChI=1S/C2HBrN4O2/c3-6-1-4-2(5-6)7(8)9/h1H. The van der Waals surface area contributed by atoms with E-state index in [0.29, 0.717) is 0 Å². The fraction of sp³-hybridized carbons (Fsp3) is 0. The molecular weight excluding hydrogens is 192 g/mol. The zero-order valence-electron chi connectivity index (χ0n) is 4.06. The largest absolute Gasteiger partial charge is 0.491 e. The Labute approximate surface area is 58.0 Å². The average Bonchev–Trinajstić information content (AvgIpc) is 2.14. The highest BCUT2D eigenvalue weighted by atomic mass is 79.9. The van der Waals surface area contributed by atoms with Gasteiger partial charge in [0.05, 0.1) is 16.1 Å². The van der Waals surface area contributed by atoms with Gasteiger partial charge in [0.25, 0.3) is 0 Å². The Hall–Kier alpha value is -0.980. The maximum absolute atomic E-state index is 9.86. The summed E-state index contributed by atoms with van der Waals surface area (Å²) in [6.07, 6.45) is 1.19. The Morgan fingerprint density at radius 2 is 2.56 bits per heavy atom. The van der Waals surface area contributed by atoms with E-state index in [9.17, 15) is 10.1 Å². The lowest BCUT2D eigenvalue weighted by atomic mass is 11.1. The molecule has 0 fully saturated rings. The van der Waals surface area contributed by atoms with Crippen molar-refractivity contribution in [1.29, 1.82) is 0 Å². The molecule has 0 aromatic carbocycles. The molecule has 0 saturated carbocycles. The monoisotopic (exact) mass is 192 g/mol. The van der Waals surface area contributed by atoms with Crippen molar-refractivity contribution in [2.75, 3.05) is 0 Å². The fourth-order valence-corrected chi connectivity index (χ4v) is 0.553. The molecule has 1 heterocycles. The highest BCUT2D eigenvalue weighted by Crippen LogP contribution is 2.00. The number of rotatable bonds is 1. The maximum atomic E-state index is 9.86. The molecule has 7 heteroatoms. The lowest BCUT2D eigenvalue weighted by molar-refractivity contribution is -0.394. The second-order valence-corrected chi connectivity index (χ2v) is 1.92. The van der Waals surface area contributed by atoms with Gasteiger partial charge in [0, 0.05) is 5.10 Å². The van der Waals surface area contributed by atoms with Crippen molar-refractivity contribution in [1.82, 2.24) is 13.8 Å². The molecule has 1 aromatic heterocycles. The number of hydrogen-bond acceptors (Lipinski definition) is 4. The van der Waals surface area contributed by atoms with Crippen LogP contribution in [0, 0.1) is 10.1 Å². The molecular formula is C2HBrN4O2. The number of aromatic nitrogens is 3. The van der Waals surface area contributed by atoms with Gasteiger partial charge in [-0.05, 0) is 9.91 Å². The third-order valence-corrected chi connectivity index (χ3v) is 0.958. The second kappa shape index (κ2) is 2.09. The van der Waals surface area contributed by atoms with Crippen LogP contribution in [0.2, 0.25) is 0 Å². The summed E-state index contributed by atoms with van der Waals surface area (Å²) in [6.45, 7) is 0. The van der Waals surface area contributed by atoms with Gasteiger partial charge in [0.2, 0.25) is 6.33 Å². The van der Waals surface area contributed by atoms with E-state index in [2.05, 4.69) is 26.2 Å². The van der Waals surface area contributed by atoms with Crippen LogP contribution in [-0.4, -0.2) is 18.7 Å². The minimum absolute atomic E-state index is 0.410. The van der Waals surface area contributed by atoms with Crippen molar-refractivity contribution in [3.8, 4) is 0 Å². The Morgan fingerprint density at radius 3 is 2.78 bits per heavy atom. The van der Waals surface area contributed by atoms with Gasteiger partial charge in [-0.3, -0.25) is 0 Å². The Morgan fingerprint density at radius 1 is 1.89 bits per heavy atom. The van der Waals surface area contributed by atoms with Gasteiger partial charge in [0.15, 0.2) is 0 Å². The first-order chi connectivity index (χ1) is 4.20. The van der Waals surface area contributed by atoms with Crippen LogP contribution in [0.1, 0.15) is 0 Å². The van der Waals surface area contributed by atoms with Crippen LogP contribution in [0.5, 0.6) is 0 Å². The zero-order valence-corrected chi connectivity index (χ0v) is 5.65. The first-order valence-corrected chi connectivity index (χ1v) is 2.63. The van der Waals surface area contributed by atoms with Crippen molar-refractivity contribution in [3.05, 3.63) is 16.4 Å². The van der Waals surface area contributed by atoms with Crippen molar-refractivity contribution in [2.45, 2.75) is 0 Å². The Kier molecular flexibility index (Phi) is 1.43. The van der Waals surface area contributed by atoms with Crippen molar-refractivity contribution in [2.24, 2.45) is 0 Å². The SMILES string of the molecule is O=[N+]([O-])c1ncn(Br)n1. The van der Waals surface area contributed by atoms with Crippen LogP contribution in [0.25, 0.3) is 0 Å². The van der Waals surface area contributed by atoms with Gasteiger partial charge in [-0.2, -0.15) is 0 Å². The van der Waals surface area contributed by atoms with Crippen molar-refractivity contribution in [3.63, 3.8) is 0 Å². The van der Waals surface area contributed by atoms with Gasteiger partial charge in [-0.25, -0.2) is 0 Å². The van der Waals surface area contributed by atoms with Crippen LogP contribution < -0.4 is 0 Å². The molecule has 0 radical (unpaired) electrons. The highest BCUT2D eigenvalue weighted by molar-refractivity contribution is 9.08. The van der Waals surface area contributed by atoms with Gasteiger partial charge < -0.3 is 10.1 Å². The molecule has 0 bridgehead atoms. The molecule has 0 aliphatic rings. The number of halogens is 1. The first-order valence-electron chi connectivity index (χ1n) is 1.92. The molecule has 0 saturated heterocycles. The molecule has 0 unspecified atom stereocenters. The van der Waals surface area contributed by atoms with E-state index >= 15 is 0 Å². The van der Waals surface area contributed by atoms with E-state index in [1.54, 1.807) is 0 Å². The van der Waals surface area contributed by atoms with E-state index in [0.717, 1.165) is 3.71 Å². The quantitative estimate of drug-likeness (QED) is 0.476. The third-order valence-electron chi connectivity index (χ3n) is 0.617. The topological polar surface area (TPSA) is 73.8 Å². The predicted molar refractivity (Wildman–Crippen MR) is 31.0 cm³/mol. The molecule has 1 aromatic rings. The lowest BCUT2D eigenvalue weighted by Gasteiger charge is -1.81. The molecule has 0 aliphatic heterocycles. The normalized spacial score (nSPS) is 9.44. The van der Waals surface area contributed by atoms with Gasteiger partial charge in [-0.1, -0.05) is 0 Å². The average molecular weight is 193 g/mol. The molecule has 1 rings (SSSR count). The Bertz CT molecular complexity index is 232. The third kappa shape index (κ3) is 1.22. The van der Waals surface area contributed by atoms with E-state index in [1.807, 2.05) is 0 Å². The van der Waals surface area contributed by atoms with Crippen molar-refractivity contribution >= 4 is 22.1 Å². The molecule has 0 N–H and O–H groups in total. The van der Waals surface area contributed by atoms with E-state index in [1.165, 1.54) is 6.33 Å². The van der Waals surface area contributed by atoms with Crippen LogP contribution in [0.3, 0.4) is 0 Å². The fourth-order valence-electron chi connectivity index (χ4n) is 0.320. The van der Waals surface area contributed by atoms with Crippen LogP contribution >= 0.6 is 16.1 Å². The van der Waals surface area contributed by atoms with Crippen LogP contribution in [-0.2, 0) is 0 Å². The van der Waals surface area contributed by atoms with Gasteiger partial charge in [0.1, 0.15) is 0 Å². The van der Waals surface area contributed by atoms with Crippen LogP contribution in [0.15, 0.2) is 6.33 Å². The van der Waals surface area contributed by atoms with E-state index < -0.39 is 10.9 Å². The summed E-state index contributed by atoms with van der Waals surface area (Å²) in [5.41, 5.74) is 0. The van der Waals surface area contributed by atoms with E-state index in [4.69, 9.17) is 0 Å². The lowest BCUT2D eigenvalue weighted by Crippen LogP contribution is -1.90. The summed E-state index contributed by atoms with van der Waals surface area (Å²) in [5.74, 6) is -0.410. The maximum Gasteiger partial charge on any atom is 0.491 e. The first kappa shape index (κ1) is 6.14. The smallest absolute Gasteiger partial charge is 0.390 e. The number of hydrogen-bond donors (Lipinski definition) is 0. The number of nitrogens with zero attached hydrogens (tertiary/aromatic N) is 4. The summed E-state index contributed by atoms with van der Waals surface area (Å²) in [7, 11) is 0. The molecule has 0 atom stereocenters. The molecule has 0 spiro atoms. The minimum Gasteiger partial charge on any atom is -0.390 e. The molecule has 9 heavy (non-hydrogen) atoms. The molecule has 48 valence electrons. The molecule has 6 nitrogen and oxygen atoms in total. The Balaban J connectivity index is 2.98. The summed E-state index contributed by atoms with van der Waals surface area (Å²) < 4.78 is 1.09. The minimum atomic E-state index is -0.669. The van der Waals surface area contributed by atoms with Gasteiger partial charge in [-0.15, -0.1) is 3.71 Å². The summed E-state index contributed by atoms with van der Waals surface area (Å²) in [5, 5.41) is 13.2. The van der Waals surface area contributed by atoms with Crippen LogP contribution in [0.4, 0.5) is 5.95 Å². The zero-order chi connectivity index (χ0) is 6.85. The summed E-state index contributed by atoms with van der Waals surface area (Å²) >= 11 is 2.84. The van der Waals surface area contributed by atoms with Crippen molar-refractivity contribution < 1.29 is 4.92 Å². The number of nitro groups is 1. The summed E-state index contributed by atoms with van der Waals surface area (Å²) in [6, 6.07) is 0. The molecule has 0 aliphatic carbocycles. The second-order valence-electron chi connectivity index (χ2n) is 1.19. The van der Waals surface area contributed by atoms with Gasteiger partial charge >= 0.3 is 5.95 Å². The summed E-state index contributed by atoms with van der Waals surface area (Å²) in [4.78, 5) is 12.5. The molecule has 0 amide bonds.